The van der Waals surface area contributed by atoms with E-state index in [0.717, 1.165) is 32.9 Å². The van der Waals surface area contributed by atoms with Gasteiger partial charge in [0.05, 0.1) is 24.0 Å². The predicted molar refractivity (Wildman–Crippen MR) is 215 cm³/mol. The molecule has 2 aromatic heterocycles. The van der Waals surface area contributed by atoms with Gasteiger partial charge in [-0.2, -0.15) is 0 Å². The lowest BCUT2D eigenvalue weighted by molar-refractivity contribution is -0.118. The number of benzene rings is 5. The van der Waals surface area contributed by atoms with E-state index in [-0.39, 0.29) is 41.6 Å². The van der Waals surface area contributed by atoms with Gasteiger partial charge in [-0.1, -0.05) is 54.6 Å². The number of fused-ring (bicyclic) bond motifs is 3. The van der Waals surface area contributed by atoms with Gasteiger partial charge in [0.1, 0.15) is 11.5 Å². The Hall–Kier alpha value is -5.93. The molecule has 1 amide bonds. The molecule has 0 saturated heterocycles. The maximum atomic E-state index is 15.0. The normalized spacial score (nSPS) is 13.9. The Morgan fingerprint density at radius 3 is 1.46 bits per heavy atom. The average Bonchev–Trinajstić information content (AvgIpc) is 3.87. The van der Waals surface area contributed by atoms with Crippen LogP contribution in [0.5, 0.6) is 11.5 Å². The molecule has 0 fully saturated rings. The summed E-state index contributed by atoms with van der Waals surface area (Å²) in [4.78, 5) is 22.4. The Morgan fingerprint density at radius 1 is 0.571 bits per heavy atom. The van der Waals surface area contributed by atoms with Gasteiger partial charge in [0, 0.05) is 57.5 Å². The van der Waals surface area contributed by atoms with Crippen LogP contribution in [0.3, 0.4) is 0 Å². The Balaban J connectivity index is 1.24. The molecule has 12 nitrogen and oxygen atoms in total. The van der Waals surface area contributed by atoms with E-state index in [1.165, 1.54) is 38.5 Å². The van der Waals surface area contributed by atoms with E-state index in [1.54, 1.807) is 24.3 Å². The number of hydrogen-bond acceptors (Lipinski definition) is 7. The molecule has 0 saturated carbocycles. The van der Waals surface area contributed by atoms with Crippen molar-refractivity contribution in [3.8, 4) is 11.5 Å². The van der Waals surface area contributed by atoms with Gasteiger partial charge in [0.2, 0.25) is 26.0 Å². The van der Waals surface area contributed by atoms with Crippen LogP contribution in [0.1, 0.15) is 28.1 Å². The average molecular weight is 790 g/mol. The molecule has 0 aliphatic carbocycles. The molecule has 1 aliphatic rings. The van der Waals surface area contributed by atoms with Crippen molar-refractivity contribution in [3.63, 3.8) is 0 Å². The van der Waals surface area contributed by atoms with Gasteiger partial charge in [-0.3, -0.25) is 4.79 Å². The third-order valence-electron chi connectivity index (χ3n) is 10.4. The number of rotatable bonds is 14. The SMILES string of the molecule is COc1ccc(S(=O)(=O)NCCc2c(C3(c4[nH]c5ccccc5c4CCNS(=O)(=O)c4ccc(OC)cc4)C(=O)Nc4ccccc43)[nH]c3ccccc23)cc1. The highest BCUT2D eigenvalue weighted by atomic mass is 32.2. The monoisotopic (exact) mass is 789 g/mol. The van der Waals surface area contributed by atoms with Crippen LogP contribution in [-0.4, -0.2) is 60.0 Å². The lowest BCUT2D eigenvalue weighted by Gasteiger charge is -2.29. The molecule has 0 radical (unpaired) electrons. The van der Waals surface area contributed by atoms with E-state index in [0.29, 0.717) is 34.1 Å². The minimum Gasteiger partial charge on any atom is -0.497 e. The fourth-order valence-electron chi connectivity index (χ4n) is 7.74. The topological polar surface area (TPSA) is 171 Å². The van der Waals surface area contributed by atoms with E-state index in [1.807, 2.05) is 72.8 Å². The van der Waals surface area contributed by atoms with Gasteiger partial charge in [-0.05, 0) is 90.7 Å². The summed E-state index contributed by atoms with van der Waals surface area (Å²) in [5, 5.41) is 4.81. The lowest BCUT2D eigenvalue weighted by atomic mass is 9.72. The molecule has 14 heteroatoms. The highest BCUT2D eigenvalue weighted by Crippen LogP contribution is 2.51. The van der Waals surface area contributed by atoms with Gasteiger partial charge < -0.3 is 24.8 Å². The number of methoxy groups -OCH3 is 2. The number of H-pyrrole nitrogens is 2. The molecule has 0 spiro atoms. The van der Waals surface area contributed by atoms with Gasteiger partial charge in [0.15, 0.2) is 5.41 Å². The summed E-state index contributed by atoms with van der Waals surface area (Å²) in [5.74, 6) is 0.773. The van der Waals surface area contributed by atoms with Crippen molar-refractivity contribution in [2.24, 2.45) is 0 Å². The third kappa shape index (κ3) is 6.39. The first-order valence-electron chi connectivity index (χ1n) is 18.0. The number of para-hydroxylation sites is 3. The first kappa shape index (κ1) is 37.0. The minimum atomic E-state index is -3.88. The maximum Gasteiger partial charge on any atom is 0.247 e. The van der Waals surface area contributed by atoms with Crippen LogP contribution in [0, 0.1) is 0 Å². The second-order valence-electron chi connectivity index (χ2n) is 13.4. The van der Waals surface area contributed by atoms with Crippen molar-refractivity contribution >= 4 is 53.4 Å². The zero-order valence-electron chi connectivity index (χ0n) is 30.5. The van der Waals surface area contributed by atoms with E-state index in [9.17, 15) is 21.6 Å². The number of hydrogen-bond donors (Lipinski definition) is 5. The summed E-state index contributed by atoms with van der Waals surface area (Å²) < 4.78 is 69.6. The van der Waals surface area contributed by atoms with Crippen LogP contribution in [0.4, 0.5) is 5.69 Å². The Bertz CT molecular complexity index is 2650. The van der Waals surface area contributed by atoms with Crippen LogP contribution in [-0.2, 0) is 43.1 Å². The second kappa shape index (κ2) is 14.6. The summed E-state index contributed by atoms with van der Waals surface area (Å²) in [6.45, 7) is 0.0739. The number of amides is 1. The van der Waals surface area contributed by atoms with Crippen LogP contribution < -0.4 is 24.2 Å². The Morgan fingerprint density at radius 2 is 1.00 bits per heavy atom. The summed E-state index contributed by atoms with van der Waals surface area (Å²) in [6, 6.07) is 35.2. The van der Waals surface area contributed by atoms with E-state index in [4.69, 9.17) is 9.47 Å². The zero-order valence-corrected chi connectivity index (χ0v) is 32.2. The van der Waals surface area contributed by atoms with Crippen molar-refractivity contribution in [2.45, 2.75) is 28.0 Å². The van der Waals surface area contributed by atoms with Crippen LogP contribution in [0.25, 0.3) is 21.8 Å². The van der Waals surface area contributed by atoms with Crippen molar-refractivity contribution in [2.75, 3.05) is 32.6 Å². The molecule has 3 heterocycles. The molecule has 0 bridgehead atoms. The highest BCUT2D eigenvalue weighted by molar-refractivity contribution is 7.89. The standard InChI is InChI=1S/C42H39N5O7S2/c1-53-27-15-19-29(20-16-27)55(49,50)43-25-23-33-31-9-3-6-12-36(31)45-39(33)42(35-11-5-8-14-38(35)47-41(42)48)40-34(32-10-4-7-13-37(32)46-40)24-26-44-56(51,52)30-21-17-28(54-2)18-22-30/h3-22,43-46H,23-26H2,1-2H3,(H,47,48). The molecule has 286 valence electrons. The van der Waals surface area contributed by atoms with Crippen LogP contribution >= 0.6 is 0 Å². The first-order chi connectivity index (χ1) is 27.1. The predicted octanol–water partition coefficient (Wildman–Crippen LogP) is 5.99. The molecule has 7 aromatic rings. The Kier molecular flexibility index (Phi) is 9.66. The van der Waals surface area contributed by atoms with Crippen LogP contribution in [0.15, 0.2) is 131 Å². The number of anilines is 1. The molecule has 5 N–H and O–H groups in total. The quantitative estimate of drug-likeness (QED) is 0.0901. The smallest absolute Gasteiger partial charge is 0.247 e. The number of carbonyl (C=O) groups is 1. The molecule has 0 atom stereocenters. The molecular formula is C42H39N5O7S2. The number of ether oxygens (including phenoxy) is 2. The van der Waals surface area contributed by atoms with Gasteiger partial charge in [-0.25, -0.2) is 26.3 Å². The van der Waals surface area contributed by atoms with Crippen molar-refractivity contribution in [1.29, 1.82) is 0 Å². The summed E-state index contributed by atoms with van der Waals surface area (Å²) in [6.07, 6.45) is 0.478. The lowest BCUT2D eigenvalue weighted by Crippen LogP contribution is -2.40. The van der Waals surface area contributed by atoms with Gasteiger partial charge >= 0.3 is 0 Å². The van der Waals surface area contributed by atoms with Crippen LogP contribution in [0.2, 0.25) is 0 Å². The summed E-state index contributed by atoms with van der Waals surface area (Å²) in [7, 11) is -4.74. The first-order valence-corrected chi connectivity index (χ1v) is 20.9. The Labute approximate surface area is 324 Å². The van der Waals surface area contributed by atoms with Gasteiger partial charge in [-0.15, -0.1) is 0 Å². The molecule has 0 unspecified atom stereocenters. The highest BCUT2D eigenvalue weighted by Gasteiger charge is 2.54. The number of nitrogens with one attached hydrogen (secondary N) is 5. The largest absolute Gasteiger partial charge is 0.497 e. The van der Waals surface area contributed by atoms with E-state index < -0.39 is 25.5 Å². The number of aromatic nitrogens is 2. The number of sulfonamides is 2. The minimum absolute atomic E-state index is 0.0370. The molecule has 1 aliphatic heterocycles. The number of carbonyl (C=O) groups excluding carboxylic acids is 1. The van der Waals surface area contributed by atoms with Crippen molar-refractivity contribution in [3.05, 3.63) is 149 Å². The summed E-state index contributed by atoms with van der Waals surface area (Å²) >= 11 is 0. The molecule has 56 heavy (non-hydrogen) atoms. The maximum absolute atomic E-state index is 15.0. The summed E-state index contributed by atoms with van der Waals surface area (Å²) in [5.41, 5.74) is 4.09. The second-order valence-corrected chi connectivity index (χ2v) is 17.0. The molecule has 5 aromatic carbocycles. The van der Waals surface area contributed by atoms with E-state index >= 15 is 0 Å². The zero-order chi connectivity index (χ0) is 39.1. The fourth-order valence-corrected chi connectivity index (χ4v) is 9.80. The van der Waals surface area contributed by atoms with Crippen molar-refractivity contribution in [1.82, 2.24) is 19.4 Å². The fraction of sp³-hybridized carbons (Fsp3) is 0.167. The molecular weight excluding hydrogens is 751 g/mol. The van der Waals surface area contributed by atoms with E-state index in [2.05, 4.69) is 24.7 Å². The van der Waals surface area contributed by atoms with Crippen molar-refractivity contribution < 1.29 is 31.1 Å². The molecule has 8 rings (SSSR count). The van der Waals surface area contributed by atoms with Gasteiger partial charge in [0.25, 0.3) is 0 Å². The number of aromatic amines is 2. The third-order valence-corrected chi connectivity index (χ3v) is 13.3.